The van der Waals surface area contributed by atoms with E-state index < -0.39 is 11.6 Å². The Labute approximate surface area is 203 Å². The Morgan fingerprint density at radius 2 is 1.17 bits per heavy atom. The van der Waals surface area contributed by atoms with Crippen molar-refractivity contribution >= 4 is 11.7 Å². The molecule has 0 amide bonds. The third-order valence-corrected chi connectivity index (χ3v) is 5.46. The molecule has 0 heterocycles. The van der Waals surface area contributed by atoms with Gasteiger partial charge >= 0.3 is 0 Å². The lowest BCUT2D eigenvalue weighted by Gasteiger charge is -2.13. The summed E-state index contributed by atoms with van der Waals surface area (Å²) < 4.78 is 40.1. The molecular weight excluding hydrogens is 450 g/mol. The third-order valence-electron chi connectivity index (χ3n) is 5.46. The first-order valence-corrected chi connectivity index (χ1v) is 11.4. The molecule has 3 rings (SSSR count). The average Bonchev–Trinajstić information content (AvgIpc) is 2.82. The monoisotopic (exact) mass is 480 g/mol. The zero-order chi connectivity index (χ0) is 25.4. The van der Waals surface area contributed by atoms with Gasteiger partial charge in [0.1, 0.15) is 24.9 Å². The number of halogens is 2. The normalized spacial score (nSPS) is 10.7. The van der Waals surface area contributed by atoms with E-state index in [2.05, 4.69) is 6.92 Å². The van der Waals surface area contributed by atoms with E-state index in [-0.39, 0.29) is 47.5 Å². The highest BCUT2D eigenvalue weighted by Gasteiger charge is 2.10. The van der Waals surface area contributed by atoms with Crippen LogP contribution >= 0.6 is 0 Å². The van der Waals surface area contributed by atoms with Crippen LogP contribution < -0.4 is 20.9 Å². The van der Waals surface area contributed by atoms with Crippen LogP contribution in [0.4, 0.5) is 8.78 Å². The molecule has 0 bridgehead atoms. The van der Waals surface area contributed by atoms with Crippen LogP contribution in [-0.2, 0) is 19.6 Å². The summed E-state index contributed by atoms with van der Waals surface area (Å²) in [4.78, 5) is 0. The van der Waals surface area contributed by atoms with Gasteiger partial charge in [-0.15, -0.1) is 0 Å². The fraction of sp³-hybridized carbons (Fsp3) is 0.259. The minimum Gasteiger partial charge on any atom is -0.486 e. The smallest absolute Gasteiger partial charge is 0.165 e. The molecule has 6 nitrogen and oxygen atoms in total. The van der Waals surface area contributed by atoms with Crippen LogP contribution in [0, 0.1) is 22.5 Å². The minimum absolute atomic E-state index is 0.0665. The Morgan fingerprint density at radius 1 is 0.714 bits per heavy atom. The second-order valence-corrected chi connectivity index (χ2v) is 8.31. The van der Waals surface area contributed by atoms with E-state index in [1.165, 1.54) is 36.4 Å². The van der Waals surface area contributed by atoms with Crippen LogP contribution in [-0.4, -0.2) is 11.7 Å². The lowest BCUT2D eigenvalue weighted by molar-refractivity contribution is 0.284. The molecule has 0 aromatic heterocycles. The highest BCUT2D eigenvalue weighted by molar-refractivity contribution is 5.95. The van der Waals surface area contributed by atoms with Crippen molar-refractivity contribution < 1.29 is 18.3 Å². The first-order valence-electron chi connectivity index (χ1n) is 11.4. The van der Waals surface area contributed by atoms with Crippen molar-refractivity contribution in [1.29, 1.82) is 10.8 Å². The Hall–Kier alpha value is -3.94. The molecule has 184 valence electrons. The van der Waals surface area contributed by atoms with E-state index in [1.54, 1.807) is 0 Å². The Kier molecular flexibility index (Phi) is 8.78. The highest BCUT2D eigenvalue weighted by atomic mass is 19.1. The van der Waals surface area contributed by atoms with E-state index in [4.69, 9.17) is 31.8 Å². The average molecular weight is 481 g/mol. The highest BCUT2D eigenvalue weighted by Crippen LogP contribution is 2.23. The zero-order valence-corrected chi connectivity index (χ0v) is 19.7. The van der Waals surface area contributed by atoms with E-state index in [0.29, 0.717) is 0 Å². The molecule has 0 aliphatic carbocycles. The van der Waals surface area contributed by atoms with Crippen molar-refractivity contribution in [2.45, 2.75) is 45.8 Å². The summed E-state index contributed by atoms with van der Waals surface area (Å²) in [6.45, 7) is 2.40. The van der Waals surface area contributed by atoms with Gasteiger partial charge in [-0.2, -0.15) is 0 Å². The molecule has 6 N–H and O–H groups in total. The number of benzene rings is 3. The summed E-state index contributed by atoms with van der Waals surface area (Å²) in [5.41, 5.74) is 14.2. The van der Waals surface area contributed by atoms with Crippen molar-refractivity contribution in [1.82, 2.24) is 0 Å². The summed E-state index contributed by atoms with van der Waals surface area (Å²) in [5, 5.41) is 14.8. The molecule has 0 spiro atoms. The molecule has 0 radical (unpaired) electrons. The van der Waals surface area contributed by atoms with Crippen LogP contribution in [0.25, 0.3) is 0 Å². The molecule has 3 aromatic rings. The number of nitrogens with one attached hydrogen (secondary N) is 2. The first-order chi connectivity index (χ1) is 16.8. The van der Waals surface area contributed by atoms with Crippen LogP contribution in [0.5, 0.6) is 11.5 Å². The molecule has 0 aliphatic rings. The number of hydrogen-bond acceptors (Lipinski definition) is 4. The van der Waals surface area contributed by atoms with Gasteiger partial charge in [0.25, 0.3) is 0 Å². The number of hydrogen-bond donors (Lipinski definition) is 4. The Balaban J connectivity index is 1.76. The topological polar surface area (TPSA) is 118 Å². The van der Waals surface area contributed by atoms with Gasteiger partial charge in [-0.25, -0.2) is 8.78 Å². The van der Waals surface area contributed by atoms with Crippen LogP contribution in [0.2, 0.25) is 0 Å². The predicted molar refractivity (Wildman–Crippen MR) is 133 cm³/mol. The van der Waals surface area contributed by atoms with Crippen LogP contribution in [0.15, 0.2) is 54.6 Å². The van der Waals surface area contributed by atoms with Gasteiger partial charge in [-0.3, -0.25) is 10.8 Å². The van der Waals surface area contributed by atoms with Crippen molar-refractivity contribution in [3.8, 4) is 11.5 Å². The number of nitrogens with two attached hydrogens (primary N) is 2. The fourth-order valence-electron chi connectivity index (χ4n) is 3.62. The van der Waals surface area contributed by atoms with Gasteiger partial charge in [-0.1, -0.05) is 31.9 Å². The molecule has 0 unspecified atom stereocenters. The van der Waals surface area contributed by atoms with Gasteiger partial charge in [0.15, 0.2) is 23.1 Å². The molecule has 3 aromatic carbocycles. The summed E-state index contributed by atoms with van der Waals surface area (Å²) in [5.74, 6) is -1.48. The predicted octanol–water partition coefficient (Wildman–Crippen LogP) is 5.42. The number of rotatable bonds is 12. The molecule has 0 atom stereocenters. The van der Waals surface area contributed by atoms with E-state index in [9.17, 15) is 8.78 Å². The summed E-state index contributed by atoms with van der Waals surface area (Å²) in [6.07, 6.45) is 4.11. The summed E-state index contributed by atoms with van der Waals surface area (Å²) in [7, 11) is 0. The lowest BCUT2D eigenvalue weighted by Crippen LogP contribution is -2.11. The summed E-state index contributed by atoms with van der Waals surface area (Å²) >= 11 is 0. The zero-order valence-electron chi connectivity index (χ0n) is 19.7. The largest absolute Gasteiger partial charge is 0.486 e. The van der Waals surface area contributed by atoms with E-state index in [0.717, 1.165) is 42.4 Å². The standard InChI is InChI=1S/C27H30F2N4O2/c1-2-3-4-5-17-10-18(15-34-24-8-6-20(26(30)31)13-22(24)28)12-19(11-17)16-35-25-9-7-21(27(32)33)14-23(25)29/h6-14H,2-5,15-16H2,1H3,(H3,30,31)(H3,32,33). The maximum absolute atomic E-state index is 14.3. The lowest BCUT2D eigenvalue weighted by atomic mass is 10.0. The second-order valence-electron chi connectivity index (χ2n) is 8.31. The van der Waals surface area contributed by atoms with Gasteiger partial charge in [-0.05, 0) is 72.0 Å². The van der Waals surface area contributed by atoms with Gasteiger partial charge in [0.05, 0.1) is 0 Å². The maximum atomic E-state index is 14.3. The van der Waals surface area contributed by atoms with Crippen molar-refractivity contribution in [2.75, 3.05) is 0 Å². The number of nitrogen functional groups attached to an aromatic ring is 2. The molecular formula is C27H30F2N4O2. The summed E-state index contributed by atoms with van der Waals surface area (Å²) in [6, 6.07) is 14.2. The molecule has 8 heteroatoms. The minimum atomic E-state index is -0.593. The van der Waals surface area contributed by atoms with Crippen LogP contribution in [0.3, 0.4) is 0 Å². The van der Waals surface area contributed by atoms with Gasteiger partial charge < -0.3 is 20.9 Å². The molecule has 0 aliphatic heterocycles. The van der Waals surface area contributed by atoms with Gasteiger partial charge in [0.2, 0.25) is 0 Å². The number of ether oxygens (including phenoxy) is 2. The fourth-order valence-corrected chi connectivity index (χ4v) is 3.62. The molecule has 0 saturated carbocycles. The number of amidine groups is 2. The molecule has 0 fully saturated rings. The van der Waals surface area contributed by atoms with Gasteiger partial charge in [0, 0.05) is 11.1 Å². The van der Waals surface area contributed by atoms with Crippen molar-refractivity contribution in [2.24, 2.45) is 11.5 Å². The van der Waals surface area contributed by atoms with E-state index >= 15 is 0 Å². The van der Waals surface area contributed by atoms with Crippen molar-refractivity contribution in [3.63, 3.8) is 0 Å². The van der Waals surface area contributed by atoms with Crippen LogP contribution in [0.1, 0.15) is 54.0 Å². The third kappa shape index (κ3) is 7.27. The Bertz CT molecular complexity index is 1130. The van der Waals surface area contributed by atoms with Crippen molar-refractivity contribution in [3.05, 3.63) is 94.0 Å². The Morgan fingerprint density at radius 3 is 1.57 bits per heavy atom. The SMILES string of the molecule is CCCCCc1cc(COc2ccc(C(=N)N)cc2F)cc(COc2ccc(C(=N)N)cc2F)c1. The number of aryl methyl sites for hydroxylation is 1. The first kappa shape index (κ1) is 25.7. The number of unbranched alkanes of at least 4 members (excludes halogenated alkanes) is 2. The maximum Gasteiger partial charge on any atom is 0.165 e. The molecule has 35 heavy (non-hydrogen) atoms. The second kappa shape index (κ2) is 12.0. The van der Waals surface area contributed by atoms with E-state index in [1.807, 2.05) is 18.2 Å². The molecule has 0 saturated heterocycles. The quantitative estimate of drug-likeness (QED) is 0.157.